The third-order valence-corrected chi connectivity index (χ3v) is 6.40. The lowest BCUT2D eigenvalue weighted by Gasteiger charge is -2.37. The number of hydrogen-bond acceptors (Lipinski definition) is 6. The summed E-state index contributed by atoms with van der Waals surface area (Å²) in [6, 6.07) is 18.6. The van der Waals surface area contributed by atoms with Gasteiger partial charge in [0, 0.05) is 11.9 Å². The number of benzene rings is 3. The van der Waals surface area contributed by atoms with Gasteiger partial charge in [0.2, 0.25) is 0 Å². The summed E-state index contributed by atoms with van der Waals surface area (Å²) in [6.07, 6.45) is 0.683. The van der Waals surface area contributed by atoms with Crippen LogP contribution >= 0.6 is 0 Å². The summed E-state index contributed by atoms with van der Waals surface area (Å²) in [5, 5.41) is 8.11. The van der Waals surface area contributed by atoms with Crippen molar-refractivity contribution >= 4 is 16.8 Å². The molecule has 0 saturated carbocycles. The first-order valence-electron chi connectivity index (χ1n) is 11.4. The Bertz CT molecular complexity index is 1350. The summed E-state index contributed by atoms with van der Waals surface area (Å²) in [7, 11) is 4.85. The zero-order chi connectivity index (χ0) is 24.4. The summed E-state index contributed by atoms with van der Waals surface area (Å²) in [6.45, 7) is 0.794. The molecule has 4 aromatic rings. The van der Waals surface area contributed by atoms with E-state index in [9.17, 15) is 4.79 Å². The minimum absolute atomic E-state index is 0.147. The van der Waals surface area contributed by atoms with Gasteiger partial charge in [-0.25, -0.2) is 0 Å². The second kappa shape index (κ2) is 9.58. The highest BCUT2D eigenvalue weighted by atomic mass is 16.5. The molecule has 2 heterocycles. The van der Waals surface area contributed by atoms with Crippen LogP contribution < -0.4 is 18.9 Å². The van der Waals surface area contributed by atoms with Crippen LogP contribution in [0.25, 0.3) is 10.9 Å². The number of aromatic nitrogens is 2. The van der Waals surface area contributed by atoms with E-state index in [1.165, 1.54) is 0 Å². The summed E-state index contributed by atoms with van der Waals surface area (Å²) >= 11 is 0. The molecule has 1 N–H and O–H groups in total. The quantitative estimate of drug-likeness (QED) is 0.428. The Morgan fingerprint density at radius 2 is 1.69 bits per heavy atom. The van der Waals surface area contributed by atoms with Crippen molar-refractivity contribution in [3.8, 4) is 23.0 Å². The fourth-order valence-electron chi connectivity index (χ4n) is 4.56. The van der Waals surface area contributed by atoms with Gasteiger partial charge in [0.15, 0.2) is 17.2 Å². The normalized spacial score (nSPS) is 14.9. The van der Waals surface area contributed by atoms with E-state index in [-0.39, 0.29) is 18.6 Å². The summed E-state index contributed by atoms with van der Waals surface area (Å²) in [4.78, 5) is 15.6. The van der Waals surface area contributed by atoms with E-state index < -0.39 is 0 Å². The Labute approximate surface area is 203 Å². The lowest BCUT2D eigenvalue weighted by Crippen LogP contribution is -2.42. The second-order valence-electron chi connectivity index (χ2n) is 8.27. The van der Waals surface area contributed by atoms with Crippen LogP contribution in [0.15, 0.2) is 60.7 Å². The van der Waals surface area contributed by atoms with Gasteiger partial charge in [0.1, 0.15) is 18.1 Å². The minimum atomic E-state index is -0.344. The maximum Gasteiger partial charge on any atom is 0.275 e. The molecular weight excluding hydrogens is 446 g/mol. The molecule has 1 aliphatic rings. The first kappa shape index (κ1) is 22.6. The third-order valence-electron chi connectivity index (χ3n) is 6.40. The van der Waals surface area contributed by atoms with Crippen molar-refractivity contribution in [3.05, 3.63) is 77.5 Å². The number of rotatable bonds is 7. The van der Waals surface area contributed by atoms with Gasteiger partial charge in [-0.1, -0.05) is 18.2 Å². The molecular formula is C27H27N3O5. The number of hydrogen-bond donors (Lipinski definition) is 1. The van der Waals surface area contributed by atoms with E-state index in [2.05, 4.69) is 10.2 Å². The van der Waals surface area contributed by atoms with Gasteiger partial charge in [-0.15, -0.1) is 0 Å². The molecule has 0 fully saturated rings. The molecule has 1 aromatic heterocycles. The molecule has 35 heavy (non-hydrogen) atoms. The molecule has 1 atom stereocenters. The maximum atomic E-state index is 13.8. The molecule has 1 aliphatic heterocycles. The highest BCUT2D eigenvalue weighted by Gasteiger charge is 2.34. The predicted octanol–water partition coefficient (Wildman–Crippen LogP) is 4.41. The molecule has 0 bridgehead atoms. The number of nitrogens with zero attached hydrogens (tertiary/aromatic N) is 2. The Balaban J connectivity index is 1.51. The van der Waals surface area contributed by atoms with Gasteiger partial charge in [0.25, 0.3) is 5.91 Å². The van der Waals surface area contributed by atoms with Crippen LogP contribution in [0.1, 0.15) is 27.7 Å². The first-order valence-corrected chi connectivity index (χ1v) is 11.4. The van der Waals surface area contributed by atoms with E-state index >= 15 is 0 Å². The van der Waals surface area contributed by atoms with Crippen molar-refractivity contribution in [3.63, 3.8) is 0 Å². The van der Waals surface area contributed by atoms with Crippen LogP contribution in [0.4, 0.5) is 0 Å². The summed E-state index contributed by atoms with van der Waals surface area (Å²) in [5.74, 6) is 2.57. The average Bonchev–Trinajstić information content (AvgIpc) is 3.35. The summed E-state index contributed by atoms with van der Waals surface area (Å²) < 4.78 is 22.5. The van der Waals surface area contributed by atoms with Crippen molar-refractivity contribution < 1.29 is 23.7 Å². The van der Waals surface area contributed by atoms with Crippen LogP contribution in [0.3, 0.4) is 0 Å². The Hall–Kier alpha value is -4.20. The number of nitrogens with one attached hydrogen (secondary N) is 1. The standard InChI is InChI=1S/C27H27N3O5/c1-32-18-8-10-19(11-9-18)35-16-23-21-15-25(34-3)24(33-2)14-17(21)12-13-30(23)27(31)26-20-6-4-5-7-22(20)28-29-26/h4-11,14-15,23H,12-13,16H2,1-3H3,(H,28,29). The molecule has 1 amide bonds. The largest absolute Gasteiger partial charge is 0.497 e. The number of para-hydroxylation sites is 1. The number of carbonyl (C=O) groups is 1. The van der Waals surface area contributed by atoms with Gasteiger partial charge in [-0.3, -0.25) is 9.89 Å². The van der Waals surface area contributed by atoms with Crippen molar-refractivity contribution in [2.24, 2.45) is 0 Å². The minimum Gasteiger partial charge on any atom is -0.497 e. The SMILES string of the molecule is COc1ccc(OCC2c3cc(OC)c(OC)cc3CCN2C(=O)c2n[nH]c3ccccc23)cc1. The highest BCUT2D eigenvalue weighted by Crippen LogP contribution is 2.39. The van der Waals surface area contributed by atoms with Gasteiger partial charge in [0.05, 0.1) is 32.9 Å². The number of carbonyl (C=O) groups excluding carboxylic acids is 1. The smallest absolute Gasteiger partial charge is 0.275 e. The van der Waals surface area contributed by atoms with E-state index in [4.69, 9.17) is 18.9 Å². The Morgan fingerprint density at radius 3 is 2.43 bits per heavy atom. The van der Waals surface area contributed by atoms with Crippen LogP contribution in [0.2, 0.25) is 0 Å². The van der Waals surface area contributed by atoms with E-state index in [1.54, 1.807) is 21.3 Å². The van der Waals surface area contributed by atoms with Crippen LogP contribution in [-0.4, -0.2) is 55.5 Å². The van der Waals surface area contributed by atoms with Gasteiger partial charge in [-0.05, 0) is 60.0 Å². The number of ether oxygens (including phenoxy) is 4. The zero-order valence-electron chi connectivity index (χ0n) is 19.9. The van der Waals surface area contributed by atoms with Crippen LogP contribution in [0, 0.1) is 0 Å². The molecule has 180 valence electrons. The third kappa shape index (κ3) is 4.23. The van der Waals surface area contributed by atoms with Crippen molar-refractivity contribution in [2.75, 3.05) is 34.5 Å². The molecule has 1 unspecified atom stereocenters. The van der Waals surface area contributed by atoms with Crippen molar-refractivity contribution in [1.82, 2.24) is 15.1 Å². The van der Waals surface area contributed by atoms with Gasteiger partial charge in [-0.2, -0.15) is 5.10 Å². The molecule has 0 saturated heterocycles. The highest BCUT2D eigenvalue weighted by molar-refractivity contribution is 6.04. The van der Waals surface area contributed by atoms with Crippen molar-refractivity contribution in [2.45, 2.75) is 12.5 Å². The topological polar surface area (TPSA) is 85.9 Å². The number of aromatic amines is 1. The number of amides is 1. The predicted molar refractivity (Wildman–Crippen MR) is 132 cm³/mol. The summed E-state index contributed by atoms with van der Waals surface area (Å²) in [5.41, 5.74) is 3.29. The molecule has 0 radical (unpaired) electrons. The first-order chi connectivity index (χ1) is 17.1. The van der Waals surface area contributed by atoms with Crippen LogP contribution in [0.5, 0.6) is 23.0 Å². The maximum absolute atomic E-state index is 13.8. The average molecular weight is 474 g/mol. The molecule has 0 aliphatic carbocycles. The van der Waals surface area contributed by atoms with Crippen LogP contribution in [-0.2, 0) is 6.42 Å². The molecule has 3 aromatic carbocycles. The van der Waals surface area contributed by atoms with E-state index in [0.29, 0.717) is 35.9 Å². The number of methoxy groups -OCH3 is 3. The lowest BCUT2D eigenvalue weighted by molar-refractivity contribution is 0.0585. The Morgan fingerprint density at radius 1 is 0.971 bits per heavy atom. The van der Waals surface area contributed by atoms with Crippen molar-refractivity contribution in [1.29, 1.82) is 0 Å². The molecule has 8 nitrogen and oxygen atoms in total. The van der Waals surface area contributed by atoms with Gasteiger partial charge >= 0.3 is 0 Å². The fourth-order valence-corrected chi connectivity index (χ4v) is 4.56. The zero-order valence-corrected chi connectivity index (χ0v) is 19.9. The molecule has 0 spiro atoms. The monoisotopic (exact) mass is 473 g/mol. The van der Waals surface area contributed by atoms with E-state index in [0.717, 1.165) is 27.8 Å². The molecule has 8 heteroatoms. The van der Waals surface area contributed by atoms with E-state index in [1.807, 2.05) is 65.6 Å². The number of H-pyrrole nitrogens is 1. The van der Waals surface area contributed by atoms with Gasteiger partial charge < -0.3 is 23.8 Å². The fraction of sp³-hybridized carbons (Fsp3) is 0.259. The Kier molecular flexibility index (Phi) is 6.18. The number of fused-ring (bicyclic) bond motifs is 2. The lowest BCUT2D eigenvalue weighted by atomic mass is 9.91. The second-order valence-corrected chi connectivity index (χ2v) is 8.27. The molecule has 5 rings (SSSR count).